The van der Waals surface area contributed by atoms with Gasteiger partial charge in [0.25, 0.3) is 0 Å². The van der Waals surface area contributed by atoms with Crippen molar-refractivity contribution < 1.29 is 14.3 Å². The number of ether oxygens (including phenoxy) is 1. The number of hydrogen-bond donors (Lipinski definition) is 1. The van der Waals surface area contributed by atoms with Gasteiger partial charge in [-0.3, -0.25) is 4.79 Å². The van der Waals surface area contributed by atoms with Gasteiger partial charge < -0.3 is 19.9 Å². The van der Waals surface area contributed by atoms with Gasteiger partial charge in [0.05, 0.1) is 7.11 Å². The summed E-state index contributed by atoms with van der Waals surface area (Å²) in [5, 5.41) is 3.37. The van der Waals surface area contributed by atoms with E-state index in [0.29, 0.717) is 0 Å². The van der Waals surface area contributed by atoms with Crippen molar-refractivity contribution in [2.24, 2.45) is 5.92 Å². The summed E-state index contributed by atoms with van der Waals surface area (Å²) in [5.41, 5.74) is 0. The molecular formula is C14H27N3O3. The van der Waals surface area contributed by atoms with Crippen molar-refractivity contribution in [2.75, 3.05) is 34.3 Å². The molecule has 1 unspecified atom stereocenters. The number of hydrogen-bond acceptors (Lipinski definition) is 4. The van der Waals surface area contributed by atoms with Crippen LogP contribution in [0.4, 0.5) is 4.79 Å². The molecule has 116 valence electrons. The van der Waals surface area contributed by atoms with E-state index in [-0.39, 0.29) is 30.0 Å². The van der Waals surface area contributed by atoms with Crippen LogP contribution in [0.5, 0.6) is 0 Å². The van der Waals surface area contributed by atoms with Gasteiger partial charge in [-0.2, -0.15) is 0 Å². The van der Waals surface area contributed by atoms with Gasteiger partial charge >= 0.3 is 12.0 Å². The summed E-state index contributed by atoms with van der Waals surface area (Å²) in [6.45, 7) is 5.44. The lowest BCUT2D eigenvalue weighted by Crippen LogP contribution is -2.53. The standard InChI is InChI=1S/C14H27N3O3/c1-10(2)12(13(18)20-5)15-11-6-8-17(9-7-11)14(19)16(3)4/h10-12,15H,6-9H2,1-5H3. The van der Waals surface area contributed by atoms with Crippen molar-refractivity contribution in [1.29, 1.82) is 0 Å². The lowest BCUT2D eigenvalue weighted by Gasteiger charge is -2.35. The number of nitrogens with zero attached hydrogens (tertiary/aromatic N) is 2. The monoisotopic (exact) mass is 285 g/mol. The molecule has 0 radical (unpaired) electrons. The highest BCUT2D eigenvalue weighted by molar-refractivity contribution is 5.76. The topological polar surface area (TPSA) is 61.9 Å². The quantitative estimate of drug-likeness (QED) is 0.780. The third kappa shape index (κ3) is 4.37. The number of nitrogens with one attached hydrogen (secondary N) is 1. The van der Waals surface area contributed by atoms with E-state index in [2.05, 4.69) is 5.32 Å². The molecule has 1 aliphatic rings. The van der Waals surface area contributed by atoms with Crippen LogP contribution in [0.15, 0.2) is 0 Å². The van der Waals surface area contributed by atoms with E-state index in [9.17, 15) is 9.59 Å². The molecule has 0 aliphatic carbocycles. The Morgan fingerprint density at radius 2 is 1.80 bits per heavy atom. The predicted molar refractivity (Wildman–Crippen MR) is 77.5 cm³/mol. The Kier molecular flexibility index (Phi) is 6.26. The second-order valence-electron chi connectivity index (χ2n) is 5.85. The number of likely N-dealkylation sites (tertiary alicyclic amines) is 1. The summed E-state index contributed by atoms with van der Waals surface area (Å²) < 4.78 is 4.83. The molecule has 1 rings (SSSR count). The van der Waals surface area contributed by atoms with Gasteiger partial charge in [-0.05, 0) is 18.8 Å². The Bertz CT molecular complexity index is 337. The number of carbonyl (C=O) groups is 2. The van der Waals surface area contributed by atoms with Crippen LogP contribution >= 0.6 is 0 Å². The highest BCUT2D eigenvalue weighted by atomic mass is 16.5. The Hall–Kier alpha value is -1.30. The lowest BCUT2D eigenvalue weighted by atomic mass is 9.99. The molecule has 6 heteroatoms. The zero-order valence-electron chi connectivity index (χ0n) is 13.2. The first-order valence-corrected chi connectivity index (χ1v) is 7.17. The van der Waals surface area contributed by atoms with Crippen molar-refractivity contribution in [3.8, 4) is 0 Å². The molecule has 1 aliphatic heterocycles. The maximum atomic E-state index is 11.8. The zero-order valence-corrected chi connectivity index (χ0v) is 13.2. The molecule has 1 saturated heterocycles. The Balaban J connectivity index is 2.49. The molecule has 0 aromatic carbocycles. The fourth-order valence-corrected chi connectivity index (χ4v) is 2.43. The van der Waals surface area contributed by atoms with Gasteiger partial charge in [0.15, 0.2) is 0 Å². The van der Waals surface area contributed by atoms with Crippen LogP contribution in [0.25, 0.3) is 0 Å². The minimum atomic E-state index is -0.277. The average Bonchev–Trinajstić information content (AvgIpc) is 2.43. The SMILES string of the molecule is COC(=O)C(NC1CCN(C(=O)N(C)C)CC1)C(C)C. The van der Waals surface area contributed by atoms with Crippen LogP contribution in [0.2, 0.25) is 0 Å². The van der Waals surface area contributed by atoms with Gasteiger partial charge in [-0.1, -0.05) is 13.8 Å². The fourth-order valence-electron chi connectivity index (χ4n) is 2.43. The second kappa shape index (κ2) is 7.47. The van der Waals surface area contributed by atoms with Crippen LogP contribution in [0, 0.1) is 5.92 Å². The Morgan fingerprint density at radius 3 is 2.20 bits per heavy atom. The maximum absolute atomic E-state index is 11.8. The van der Waals surface area contributed by atoms with Crippen molar-refractivity contribution in [3.63, 3.8) is 0 Å². The minimum Gasteiger partial charge on any atom is -0.468 e. The Morgan fingerprint density at radius 1 is 1.25 bits per heavy atom. The summed E-state index contributed by atoms with van der Waals surface area (Å²) in [6.07, 6.45) is 1.72. The Labute approximate surface area is 121 Å². The zero-order chi connectivity index (χ0) is 15.3. The van der Waals surface area contributed by atoms with Crippen molar-refractivity contribution in [3.05, 3.63) is 0 Å². The number of amides is 2. The van der Waals surface area contributed by atoms with Gasteiger partial charge in [0.2, 0.25) is 0 Å². The molecule has 6 nitrogen and oxygen atoms in total. The van der Waals surface area contributed by atoms with Gasteiger partial charge in [-0.25, -0.2) is 4.79 Å². The molecule has 1 atom stereocenters. The van der Waals surface area contributed by atoms with E-state index in [1.807, 2.05) is 18.7 Å². The molecule has 2 amide bonds. The van der Waals surface area contributed by atoms with Gasteiger partial charge in [-0.15, -0.1) is 0 Å². The van der Waals surface area contributed by atoms with E-state index in [4.69, 9.17) is 4.74 Å². The van der Waals surface area contributed by atoms with Crippen LogP contribution in [0.3, 0.4) is 0 Å². The first kappa shape index (κ1) is 16.8. The largest absolute Gasteiger partial charge is 0.468 e. The number of piperidine rings is 1. The number of methoxy groups -OCH3 is 1. The molecule has 0 aromatic heterocycles. The van der Waals surface area contributed by atoms with E-state index >= 15 is 0 Å². The third-order valence-electron chi connectivity index (χ3n) is 3.69. The number of rotatable bonds is 4. The van der Waals surface area contributed by atoms with Crippen LogP contribution in [-0.2, 0) is 9.53 Å². The van der Waals surface area contributed by atoms with Crippen molar-refractivity contribution in [2.45, 2.75) is 38.8 Å². The van der Waals surface area contributed by atoms with Crippen LogP contribution in [-0.4, -0.2) is 68.2 Å². The molecule has 0 aromatic rings. The van der Waals surface area contributed by atoms with E-state index in [1.165, 1.54) is 7.11 Å². The second-order valence-corrected chi connectivity index (χ2v) is 5.85. The number of urea groups is 1. The molecule has 1 fully saturated rings. The smallest absolute Gasteiger partial charge is 0.323 e. The van der Waals surface area contributed by atoms with E-state index < -0.39 is 0 Å². The lowest BCUT2D eigenvalue weighted by molar-refractivity contribution is -0.144. The molecule has 1 N–H and O–H groups in total. The molecule has 0 bridgehead atoms. The maximum Gasteiger partial charge on any atom is 0.323 e. The van der Waals surface area contributed by atoms with Crippen molar-refractivity contribution >= 4 is 12.0 Å². The first-order chi connectivity index (χ1) is 9.36. The molecule has 0 saturated carbocycles. The molecule has 1 heterocycles. The summed E-state index contributed by atoms with van der Waals surface area (Å²) >= 11 is 0. The fraction of sp³-hybridized carbons (Fsp3) is 0.857. The summed E-state index contributed by atoms with van der Waals surface area (Å²) in [5.74, 6) is -0.0318. The highest BCUT2D eigenvalue weighted by Crippen LogP contribution is 2.14. The molecule has 0 spiro atoms. The predicted octanol–water partition coefficient (Wildman–Crippen LogP) is 0.920. The van der Waals surface area contributed by atoms with E-state index in [1.54, 1.807) is 19.0 Å². The first-order valence-electron chi connectivity index (χ1n) is 7.17. The number of esters is 1. The summed E-state index contributed by atoms with van der Waals surface area (Å²) in [6, 6.07) is 0.0330. The third-order valence-corrected chi connectivity index (χ3v) is 3.69. The minimum absolute atomic E-state index is 0.0526. The van der Waals surface area contributed by atoms with Crippen LogP contribution < -0.4 is 5.32 Å². The summed E-state index contributed by atoms with van der Waals surface area (Å²) in [4.78, 5) is 27.0. The number of carbonyl (C=O) groups excluding carboxylic acids is 2. The highest BCUT2D eigenvalue weighted by Gasteiger charge is 2.29. The van der Waals surface area contributed by atoms with E-state index in [0.717, 1.165) is 25.9 Å². The summed E-state index contributed by atoms with van der Waals surface area (Å²) in [7, 11) is 4.94. The molecular weight excluding hydrogens is 258 g/mol. The average molecular weight is 285 g/mol. The van der Waals surface area contributed by atoms with Crippen LogP contribution in [0.1, 0.15) is 26.7 Å². The van der Waals surface area contributed by atoms with Gasteiger partial charge in [0.1, 0.15) is 6.04 Å². The molecule has 20 heavy (non-hydrogen) atoms. The van der Waals surface area contributed by atoms with Gasteiger partial charge in [0, 0.05) is 33.2 Å². The van der Waals surface area contributed by atoms with Crippen molar-refractivity contribution in [1.82, 2.24) is 15.1 Å². The normalized spacial score (nSPS) is 18.0.